The van der Waals surface area contributed by atoms with Crippen LogP contribution in [0.1, 0.15) is 47.4 Å². The lowest BCUT2D eigenvalue weighted by atomic mass is 10.0. The number of nitrogens with zero attached hydrogens (tertiary/aromatic N) is 3. The third-order valence-electron chi connectivity index (χ3n) is 4.22. The number of rotatable bonds is 7. The van der Waals surface area contributed by atoms with Gasteiger partial charge in [0.2, 0.25) is 0 Å². The standard InChI is InChI=1S/C20H18F3N3O3/c1-2-3-17(13-4-6-14(7-5-13)19(27)28)29-16-8-9-18(24-11-16)26-12-15(10-25-26)20(21,22)23/h4-12,17H,2-3H2,1H3,(H,27,28). The van der Waals surface area contributed by atoms with Crippen molar-refractivity contribution < 1.29 is 27.8 Å². The molecule has 1 aromatic carbocycles. The molecule has 1 unspecified atom stereocenters. The molecule has 9 heteroatoms. The Bertz CT molecular complexity index is 967. The van der Waals surface area contributed by atoms with E-state index < -0.39 is 17.7 Å². The summed E-state index contributed by atoms with van der Waals surface area (Å²) in [5.41, 5.74) is 0.155. The van der Waals surface area contributed by atoms with Crippen molar-refractivity contribution in [3.8, 4) is 11.6 Å². The molecule has 0 fully saturated rings. The Hall–Kier alpha value is -3.36. The van der Waals surface area contributed by atoms with Gasteiger partial charge in [-0.1, -0.05) is 25.5 Å². The number of aromatic nitrogens is 3. The van der Waals surface area contributed by atoms with Crippen LogP contribution in [0.25, 0.3) is 5.82 Å². The average Bonchev–Trinajstić information content (AvgIpc) is 3.19. The molecule has 6 nitrogen and oxygen atoms in total. The van der Waals surface area contributed by atoms with Crippen molar-refractivity contribution in [3.05, 3.63) is 71.7 Å². The average molecular weight is 405 g/mol. The third kappa shape index (κ3) is 4.92. The highest BCUT2D eigenvalue weighted by Crippen LogP contribution is 2.29. The molecular formula is C20H18F3N3O3. The van der Waals surface area contributed by atoms with Crippen molar-refractivity contribution in [1.82, 2.24) is 14.8 Å². The smallest absolute Gasteiger partial charge is 0.419 e. The summed E-state index contributed by atoms with van der Waals surface area (Å²) in [4.78, 5) is 15.1. The number of hydrogen-bond acceptors (Lipinski definition) is 4. The Morgan fingerprint density at radius 2 is 1.90 bits per heavy atom. The molecule has 1 N–H and O–H groups in total. The third-order valence-corrected chi connectivity index (χ3v) is 4.22. The van der Waals surface area contributed by atoms with Gasteiger partial charge in [-0.05, 0) is 36.2 Å². The molecule has 0 amide bonds. The van der Waals surface area contributed by atoms with Gasteiger partial charge in [-0.3, -0.25) is 0 Å². The second-order valence-corrected chi connectivity index (χ2v) is 6.35. The van der Waals surface area contributed by atoms with E-state index in [9.17, 15) is 18.0 Å². The van der Waals surface area contributed by atoms with Crippen LogP contribution in [0.5, 0.6) is 5.75 Å². The van der Waals surface area contributed by atoms with E-state index in [1.54, 1.807) is 18.2 Å². The van der Waals surface area contributed by atoms with Crippen LogP contribution in [0.4, 0.5) is 13.2 Å². The van der Waals surface area contributed by atoms with Crippen LogP contribution in [0.2, 0.25) is 0 Å². The van der Waals surface area contributed by atoms with Crippen molar-refractivity contribution >= 4 is 5.97 Å². The van der Waals surface area contributed by atoms with Crippen LogP contribution < -0.4 is 4.74 Å². The molecule has 0 aliphatic rings. The predicted molar refractivity (Wildman–Crippen MR) is 98.0 cm³/mol. The fourth-order valence-electron chi connectivity index (χ4n) is 2.73. The quantitative estimate of drug-likeness (QED) is 0.605. The van der Waals surface area contributed by atoms with Crippen LogP contribution in [0.3, 0.4) is 0 Å². The normalized spacial score (nSPS) is 12.6. The van der Waals surface area contributed by atoms with E-state index in [1.807, 2.05) is 6.92 Å². The molecule has 29 heavy (non-hydrogen) atoms. The maximum absolute atomic E-state index is 12.7. The van der Waals surface area contributed by atoms with E-state index in [-0.39, 0.29) is 17.5 Å². The summed E-state index contributed by atoms with van der Waals surface area (Å²) in [5.74, 6) is -0.333. The largest absolute Gasteiger partial charge is 0.484 e. The number of pyridine rings is 1. The topological polar surface area (TPSA) is 77.2 Å². The first-order chi connectivity index (χ1) is 13.8. The molecule has 0 radical (unpaired) electrons. The number of carboxylic acids is 1. The van der Waals surface area contributed by atoms with Crippen LogP contribution in [0, 0.1) is 0 Å². The van der Waals surface area contributed by atoms with E-state index in [1.165, 1.54) is 24.4 Å². The van der Waals surface area contributed by atoms with Crippen LogP contribution in [-0.4, -0.2) is 25.8 Å². The molecule has 2 aromatic heterocycles. The van der Waals surface area contributed by atoms with Gasteiger partial charge in [-0.25, -0.2) is 14.5 Å². The van der Waals surface area contributed by atoms with Gasteiger partial charge < -0.3 is 9.84 Å². The van der Waals surface area contributed by atoms with Crippen molar-refractivity contribution in [2.24, 2.45) is 0 Å². The van der Waals surface area contributed by atoms with E-state index >= 15 is 0 Å². The van der Waals surface area contributed by atoms with E-state index in [2.05, 4.69) is 10.1 Å². The van der Waals surface area contributed by atoms with Gasteiger partial charge in [-0.15, -0.1) is 0 Å². The second-order valence-electron chi connectivity index (χ2n) is 6.35. The Kier molecular flexibility index (Phi) is 5.86. The highest BCUT2D eigenvalue weighted by molar-refractivity contribution is 5.87. The Morgan fingerprint density at radius 3 is 2.41 bits per heavy atom. The first-order valence-electron chi connectivity index (χ1n) is 8.86. The number of benzene rings is 1. The molecule has 0 saturated carbocycles. The number of ether oxygens (including phenoxy) is 1. The Morgan fingerprint density at radius 1 is 1.17 bits per heavy atom. The lowest BCUT2D eigenvalue weighted by Gasteiger charge is -2.19. The number of hydrogen-bond donors (Lipinski definition) is 1. The summed E-state index contributed by atoms with van der Waals surface area (Å²) in [6.07, 6.45) is -0.218. The molecule has 0 aliphatic heterocycles. The Labute approximate surface area is 164 Å². The summed E-state index contributed by atoms with van der Waals surface area (Å²) < 4.78 is 45.1. The molecule has 0 saturated heterocycles. The molecule has 2 heterocycles. The maximum Gasteiger partial charge on any atom is 0.419 e. The molecule has 3 rings (SSSR count). The van der Waals surface area contributed by atoms with Gasteiger partial charge in [0.15, 0.2) is 5.82 Å². The van der Waals surface area contributed by atoms with E-state index in [4.69, 9.17) is 9.84 Å². The zero-order valence-corrected chi connectivity index (χ0v) is 15.4. The Balaban J connectivity index is 1.75. The van der Waals surface area contributed by atoms with Gasteiger partial charge in [0.25, 0.3) is 0 Å². The maximum atomic E-state index is 12.7. The van der Waals surface area contributed by atoms with Crippen LogP contribution in [0.15, 0.2) is 55.0 Å². The van der Waals surface area contributed by atoms with E-state index in [0.717, 1.165) is 29.1 Å². The highest BCUT2D eigenvalue weighted by atomic mass is 19.4. The lowest BCUT2D eigenvalue weighted by Crippen LogP contribution is -2.09. The minimum absolute atomic E-state index is 0.187. The van der Waals surface area contributed by atoms with Gasteiger partial charge in [-0.2, -0.15) is 18.3 Å². The summed E-state index contributed by atoms with van der Waals surface area (Å²) in [7, 11) is 0. The molecule has 1 atom stereocenters. The molecule has 152 valence electrons. The fourth-order valence-corrected chi connectivity index (χ4v) is 2.73. The number of carbonyl (C=O) groups is 1. The first-order valence-corrected chi connectivity index (χ1v) is 8.86. The summed E-state index contributed by atoms with van der Waals surface area (Å²) in [6.45, 7) is 2.00. The number of alkyl halides is 3. The zero-order valence-electron chi connectivity index (χ0n) is 15.4. The number of carboxylic acid groups (broad SMARTS) is 1. The first kappa shape index (κ1) is 20.4. The van der Waals surface area contributed by atoms with Gasteiger partial charge >= 0.3 is 12.1 Å². The highest BCUT2D eigenvalue weighted by Gasteiger charge is 2.32. The SMILES string of the molecule is CCCC(Oc1ccc(-n2cc(C(F)(F)F)cn2)nc1)c1ccc(C(=O)O)cc1. The molecule has 0 aliphatic carbocycles. The van der Waals surface area contributed by atoms with Gasteiger partial charge in [0.1, 0.15) is 11.9 Å². The minimum Gasteiger partial charge on any atom is -0.484 e. The summed E-state index contributed by atoms with van der Waals surface area (Å²) in [6, 6.07) is 9.55. The van der Waals surface area contributed by atoms with E-state index in [0.29, 0.717) is 12.2 Å². The zero-order chi connectivity index (χ0) is 21.0. The molecule has 3 aromatic rings. The van der Waals surface area contributed by atoms with Crippen LogP contribution >= 0.6 is 0 Å². The number of aromatic carboxylic acids is 1. The fraction of sp³-hybridized carbons (Fsp3) is 0.250. The predicted octanol–water partition coefficient (Wildman–Crippen LogP) is 4.90. The van der Waals surface area contributed by atoms with Crippen LogP contribution in [-0.2, 0) is 6.18 Å². The molecule has 0 spiro atoms. The van der Waals surface area contributed by atoms with Crippen molar-refractivity contribution in [1.29, 1.82) is 0 Å². The van der Waals surface area contributed by atoms with Crippen molar-refractivity contribution in [3.63, 3.8) is 0 Å². The minimum atomic E-state index is -4.47. The lowest BCUT2D eigenvalue weighted by molar-refractivity contribution is -0.137. The molecule has 0 bridgehead atoms. The van der Waals surface area contributed by atoms with Crippen molar-refractivity contribution in [2.75, 3.05) is 0 Å². The summed E-state index contributed by atoms with van der Waals surface area (Å²) in [5, 5.41) is 12.7. The second kappa shape index (κ2) is 8.34. The van der Waals surface area contributed by atoms with Gasteiger partial charge in [0, 0.05) is 6.20 Å². The number of halogens is 3. The van der Waals surface area contributed by atoms with Crippen molar-refractivity contribution in [2.45, 2.75) is 32.0 Å². The van der Waals surface area contributed by atoms with Gasteiger partial charge in [0.05, 0.1) is 23.5 Å². The summed E-state index contributed by atoms with van der Waals surface area (Å²) >= 11 is 0. The molecular weight excluding hydrogens is 387 g/mol. The monoisotopic (exact) mass is 405 g/mol.